The van der Waals surface area contributed by atoms with Crippen LogP contribution in [0.3, 0.4) is 0 Å². The number of aromatic carboxylic acids is 1. The topological polar surface area (TPSA) is 78.8 Å². The Hall–Kier alpha value is -1.24. The van der Waals surface area contributed by atoms with Crippen LogP contribution in [0.2, 0.25) is 0 Å². The molecule has 1 aromatic rings. The first-order valence-corrected chi connectivity index (χ1v) is 7.70. The number of benzene rings is 1. The highest BCUT2D eigenvalue weighted by atomic mass is 32.2. The maximum atomic E-state index is 10.7. The summed E-state index contributed by atoms with van der Waals surface area (Å²) in [6, 6.07) is 6.52. The van der Waals surface area contributed by atoms with Crippen molar-refractivity contribution in [1.29, 1.82) is 0 Å². The molecule has 0 heterocycles. The van der Waals surface area contributed by atoms with Gasteiger partial charge in [-0.2, -0.15) is 11.8 Å². The van der Waals surface area contributed by atoms with E-state index < -0.39 is 5.97 Å². The molecule has 0 aromatic heterocycles. The van der Waals surface area contributed by atoms with Gasteiger partial charge < -0.3 is 20.3 Å². The van der Waals surface area contributed by atoms with Gasteiger partial charge in [0.15, 0.2) is 0 Å². The van der Waals surface area contributed by atoms with Gasteiger partial charge >= 0.3 is 5.97 Å². The minimum Gasteiger partial charge on any atom is -0.492 e. The van der Waals surface area contributed by atoms with Crippen molar-refractivity contribution in [3.63, 3.8) is 0 Å². The van der Waals surface area contributed by atoms with E-state index in [0.717, 1.165) is 0 Å². The van der Waals surface area contributed by atoms with Gasteiger partial charge in [0, 0.05) is 17.8 Å². The molecule has 0 aliphatic carbocycles. The van der Waals surface area contributed by atoms with Gasteiger partial charge in [0.25, 0.3) is 0 Å². The Bertz CT molecular complexity index is 406. The van der Waals surface area contributed by atoms with Crippen molar-refractivity contribution in [2.75, 3.05) is 26.0 Å². The molecule has 0 aliphatic rings. The SMILES string of the molecule is CSC(CO)C(C)NCCOc1ccc(C(=O)O)cc1. The van der Waals surface area contributed by atoms with E-state index in [0.29, 0.717) is 18.9 Å². The third-order valence-electron chi connectivity index (χ3n) is 2.98. The van der Waals surface area contributed by atoms with Gasteiger partial charge in [0.05, 0.1) is 12.2 Å². The van der Waals surface area contributed by atoms with Crippen LogP contribution in [0.4, 0.5) is 0 Å². The van der Waals surface area contributed by atoms with Crippen molar-refractivity contribution in [2.45, 2.75) is 18.2 Å². The van der Waals surface area contributed by atoms with Crippen LogP contribution in [-0.4, -0.2) is 53.5 Å². The Labute approximate surface area is 123 Å². The highest BCUT2D eigenvalue weighted by molar-refractivity contribution is 7.99. The predicted molar refractivity (Wildman–Crippen MR) is 80.7 cm³/mol. The molecule has 0 amide bonds. The fourth-order valence-electron chi connectivity index (χ4n) is 1.72. The van der Waals surface area contributed by atoms with E-state index in [1.807, 2.05) is 13.2 Å². The highest BCUT2D eigenvalue weighted by Crippen LogP contribution is 2.12. The Kier molecular flexibility index (Phi) is 7.43. The average Bonchev–Trinajstić information content (AvgIpc) is 2.45. The lowest BCUT2D eigenvalue weighted by molar-refractivity contribution is 0.0697. The molecule has 5 nitrogen and oxygen atoms in total. The van der Waals surface area contributed by atoms with Gasteiger partial charge in [-0.25, -0.2) is 4.79 Å². The van der Waals surface area contributed by atoms with Crippen molar-refractivity contribution in [3.05, 3.63) is 29.8 Å². The molecule has 0 saturated carbocycles. The summed E-state index contributed by atoms with van der Waals surface area (Å²) in [7, 11) is 0. The zero-order valence-corrected chi connectivity index (χ0v) is 12.5. The standard InChI is InChI=1S/C14H21NO4S/c1-10(13(9-16)20-2)15-7-8-19-12-5-3-11(4-6-12)14(17)18/h3-6,10,13,15-16H,7-9H2,1-2H3,(H,17,18). The molecule has 0 spiro atoms. The summed E-state index contributed by atoms with van der Waals surface area (Å²) >= 11 is 1.63. The monoisotopic (exact) mass is 299 g/mol. The summed E-state index contributed by atoms with van der Waals surface area (Å²) in [6.45, 7) is 3.33. The number of nitrogens with one attached hydrogen (secondary N) is 1. The number of rotatable bonds is 9. The highest BCUT2D eigenvalue weighted by Gasteiger charge is 2.13. The first-order valence-electron chi connectivity index (χ1n) is 6.41. The molecule has 0 bridgehead atoms. The van der Waals surface area contributed by atoms with E-state index in [1.54, 1.807) is 23.9 Å². The maximum absolute atomic E-state index is 10.7. The molecule has 20 heavy (non-hydrogen) atoms. The van der Waals surface area contributed by atoms with E-state index >= 15 is 0 Å². The molecule has 0 fully saturated rings. The van der Waals surface area contributed by atoms with Crippen molar-refractivity contribution in [2.24, 2.45) is 0 Å². The summed E-state index contributed by atoms with van der Waals surface area (Å²) in [6.07, 6.45) is 1.97. The zero-order valence-electron chi connectivity index (χ0n) is 11.7. The van der Waals surface area contributed by atoms with Gasteiger partial charge in [-0.05, 0) is 37.4 Å². The van der Waals surface area contributed by atoms with Crippen molar-refractivity contribution in [3.8, 4) is 5.75 Å². The van der Waals surface area contributed by atoms with Crippen molar-refractivity contribution < 1.29 is 19.7 Å². The van der Waals surface area contributed by atoms with E-state index in [4.69, 9.17) is 14.9 Å². The Balaban J connectivity index is 2.29. The first-order chi connectivity index (χ1) is 9.58. The summed E-state index contributed by atoms with van der Waals surface area (Å²) in [5, 5.41) is 21.4. The molecule has 3 N–H and O–H groups in total. The van der Waals surface area contributed by atoms with Crippen LogP contribution in [0, 0.1) is 0 Å². The zero-order chi connectivity index (χ0) is 15.0. The summed E-state index contributed by atoms with van der Waals surface area (Å²) < 4.78 is 5.51. The van der Waals surface area contributed by atoms with Crippen LogP contribution in [0.5, 0.6) is 5.75 Å². The molecule has 112 valence electrons. The third-order valence-corrected chi connectivity index (χ3v) is 4.14. The van der Waals surface area contributed by atoms with E-state index in [2.05, 4.69) is 5.32 Å². The first kappa shape index (κ1) is 16.8. The van der Waals surface area contributed by atoms with Crippen LogP contribution in [0.1, 0.15) is 17.3 Å². The molecule has 2 unspecified atom stereocenters. The molecule has 0 aliphatic heterocycles. The summed E-state index contributed by atoms with van der Waals surface area (Å²) in [5.74, 6) is -0.299. The van der Waals surface area contributed by atoms with Crippen LogP contribution in [0.15, 0.2) is 24.3 Å². The van der Waals surface area contributed by atoms with E-state index in [1.165, 1.54) is 12.1 Å². The molecule has 6 heteroatoms. The fraction of sp³-hybridized carbons (Fsp3) is 0.500. The second-order valence-corrected chi connectivity index (χ2v) is 5.45. The quantitative estimate of drug-likeness (QED) is 0.599. The van der Waals surface area contributed by atoms with E-state index in [-0.39, 0.29) is 23.5 Å². The number of carboxylic acid groups (broad SMARTS) is 1. The van der Waals surface area contributed by atoms with Crippen LogP contribution >= 0.6 is 11.8 Å². The number of carboxylic acids is 1. The Morgan fingerprint density at radius 2 is 2.05 bits per heavy atom. The molecule has 0 radical (unpaired) electrons. The second kappa shape index (κ2) is 8.84. The number of aliphatic hydroxyl groups excluding tert-OH is 1. The second-order valence-electron chi connectivity index (χ2n) is 4.38. The predicted octanol–water partition coefficient (Wildman–Crippen LogP) is 1.47. The van der Waals surface area contributed by atoms with Gasteiger partial charge in [-0.15, -0.1) is 0 Å². The minimum atomic E-state index is -0.945. The summed E-state index contributed by atoms with van der Waals surface area (Å²) in [5.41, 5.74) is 0.245. The molecular formula is C14H21NO4S. The van der Waals surface area contributed by atoms with Crippen LogP contribution in [-0.2, 0) is 0 Å². The lowest BCUT2D eigenvalue weighted by Crippen LogP contribution is -2.39. The maximum Gasteiger partial charge on any atom is 0.335 e. The van der Waals surface area contributed by atoms with Gasteiger partial charge in [0.2, 0.25) is 0 Å². The molecular weight excluding hydrogens is 278 g/mol. The molecule has 0 saturated heterocycles. The Morgan fingerprint density at radius 1 is 1.40 bits per heavy atom. The minimum absolute atomic E-state index is 0.146. The molecule has 1 aromatic carbocycles. The Morgan fingerprint density at radius 3 is 2.55 bits per heavy atom. The number of ether oxygens (including phenoxy) is 1. The lowest BCUT2D eigenvalue weighted by atomic mass is 10.2. The number of thioether (sulfide) groups is 1. The van der Waals surface area contributed by atoms with Crippen LogP contribution < -0.4 is 10.1 Å². The normalized spacial score (nSPS) is 13.8. The molecule has 1 rings (SSSR count). The number of hydrogen-bond acceptors (Lipinski definition) is 5. The third kappa shape index (κ3) is 5.40. The van der Waals surface area contributed by atoms with Gasteiger partial charge in [-0.1, -0.05) is 0 Å². The van der Waals surface area contributed by atoms with Gasteiger partial charge in [-0.3, -0.25) is 0 Å². The largest absolute Gasteiger partial charge is 0.492 e. The fourth-order valence-corrected chi connectivity index (χ4v) is 2.37. The average molecular weight is 299 g/mol. The number of carbonyl (C=O) groups is 1. The smallest absolute Gasteiger partial charge is 0.335 e. The number of hydrogen-bond donors (Lipinski definition) is 3. The molecule has 2 atom stereocenters. The van der Waals surface area contributed by atoms with E-state index in [9.17, 15) is 4.79 Å². The lowest BCUT2D eigenvalue weighted by Gasteiger charge is -2.21. The van der Waals surface area contributed by atoms with Gasteiger partial charge in [0.1, 0.15) is 12.4 Å². The summed E-state index contributed by atoms with van der Waals surface area (Å²) in [4.78, 5) is 10.7. The van der Waals surface area contributed by atoms with Crippen LogP contribution in [0.25, 0.3) is 0 Å². The van der Waals surface area contributed by atoms with Crippen molar-refractivity contribution >= 4 is 17.7 Å². The van der Waals surface area contributed by atoms with Crippen molar-refractivity contribution in [1.82, 2.24) is 5.32 Å². The number of aliphatic hydroxyl groups is 1.